The van der Waals surface area contributed by atoms with Crippen LogP contribution in [0.5, 0.6) is 5.75 Å². The predicted octanol–water partition coefficient (Wildman–Crippen LogP) is 4.90. The molecule has 0 aromatic heterocycles. The molecule has 3 rings (SSSR count). The number of hydrogen-bond acceptors (Lipinski definition) is 4. The minimum atomic E-state index is -1.09. The minimum absolute atomic E-state index is 0.000868. The van der Waals surface area contributed by atoms with Crippen LogP contribution in [-0.2, 0) is 10.8 Å². The van der Waals surface area contributed by atoms with Gasteiger partial charge < -0.3 is 9.64 Å². The minimum Gasteiger partial charge on any atom is -0.495 e. The van der Waals surface area contributed by atoms with Crippen molar-refractivity contribution in [2.75, 3.05) is 31.9 Å². The number of ether oxygens (including phenoxy) is 1. The molecule has 2 aromatic rings. The highest BCUT2D eigenvalue weighted by atomic mass is 32.2. The highest BCUT2D eigenvalue weighted by Crippen LogP contribution is 2.41. The Labute approximate surface area is 178 Å². The lowest BCUT2D eigenvalue weighted by molar-refractivity contribution is 0.296. The number of nitrogens with one attached hydrogen (secondary N) is 1. The number of unbranched alkanes of at least 4 members (excludes halogenated alkanes) is 1. The Morgan fingerprint density at radius 1 is 1.21 bits per heavy atom. The van der Waals surface area contributed by atoms with E-state index in [9.17, 15) is 4.21 Å². The number of nitrogens with zero attached hydrogens (tertiary/aromatic N) is 1. The van der Waals surface area contributed by atoms with E-state index in [-0.39, 0.29) is 11.6 Å². The molecule has 29 heavy (non-hydrogen) atoms. The van der Waals surface area contributed by atoms with Crippen molar-refractivity contribution in [3.8, 4) is 5.75 Å². The second-order valence-electron chi connectivity index (χ2n) is 8.17. The summed E-state index contributed by atoms with van der Waals surface area (Å²) in [5, 5.41) is 3.97. The highest BCUT2D eigenvalue weighted by Gasteiger charge is 2.38. The maximum Gasteiger partial charge on any atom is 0.143 e. The molecule has 1 aliphatic rings. The molecule has 1 aliphatic heterocycles. The number of hydrogen-bond donors (Lipinski definition) is 1. The third-order valence-electron chi connectivity index (χ3n) is 6.03. The summed E-state index contributed by atoms with van der Waals surface area (Å²) >= 11 is 0. The predicted molar refractivity (Wildman–Crippen MR) is 123 cm³/mol. The maximum atomic E-state index is 13.6. The van der Waals surface area contributed by atoms with Gasteiger partial charge in [0.2, 0.25) is 0 Å². The Morgan fingerprint density at radius 2 is 1.93 bits per heavy atom. The standard InChI is InChI=1S/C24H34N2O2S/c1-6-8-14-24(7-2)17-29(27)22-16-21(28-5)20(26(3)4)15-19(22)23(25-24)18-12-10-9-11-13-18/h9-13,15-16,23,25H,6-8,14,17H2,1-5H3/t23-,24-,29?/m1/s1. The van der Waals surface area contributed by atoms with E-state index in [4.69, 9.17) is 4.74 Å². The lowest BCUT2D eigenvalue weighted by Gasteiger charge is -2.36. The van der Waals surface area contributed by atoms with Crippen LogP contribution in [0.2, 0.25) is 0 Å². The van der Waals surface area contributed by atoms with Crippen LogP contribution in [0.15, 0.2) is 47.4 Å². The van der Waals surface area contributed by atoms with Crippen molar-refractivity contribution in [2.24, 2.45) is 0 Å². The number of benzene rings is 2. The van der Waals surface area contributed by atoms with Gasteiger partial charge in [0, 0.05) is 30.3 Å². The highest BCUT2D eigenvalue weighted by molar-refractivity contribution is 7.85. The first-order valence-corrected chi connectivity index (χ1v) is 11.9. The molecule has 0 bridgehead atoms. The van der Waals surface area contributed by atoms with Gasteiger partial charge >= 0.3 is 0 Å². The van der Waals surface area contributed by atoms with E-state index in [0.29, 0.717) is 5.75 Å². The summed E-state index contributed by atoms with van der Waals surface area (Å²) in [5.41, 5.74) is 3.15. The first kappa shape index (κ1) is 21.8. The molecule has 0 spiro atoms. The van der Waals surface area contributed by atoms with Crippen LogP contribution in [0.4, 0.5) is 5.69 Å². The topological polar surface area (TPSA) is 41.6 Å². The third-order valence-corrected chi connectivity index (χ3v) is 7.68. The van der Waals surface area contributed by atoms with Gasteiger partial charge in [-0.2, -0.15) is 0 Å². The van der Waals surface area contributed by atoms with E-state index < -0.39 is 10.8 Å². The molecule has 0 radical (unpaired) electrons. The molecular weight excluding hydrogens is 380 g/mol. The van der Waals surface area contributed by atoms with Gasteiger partial charge in [0.05, 0.1) is 29.6 Å². The molecule has 2 aromatic carbocycles. The van der Waals surface area contributed by atoms with Gasteiger partial charge in [0.1, 0.15) is 5.75 Å². The van der Waals surface area contributed by atoms with Gasteiger partial charge in [-0.25, -0.2) is 0 Å². The quantitative estimate of drug-likeness (QED) is 0.700. The van der Waals surface area contributed by atoms with E-state index in [1.54, 1.807) is 7.11 Å². The molecule has 0 amide bonds. The number of anilines is 1. The molecule has 4 nitrogen and oxygen atoms in total. The van der Waals surface area contributed by atoms with E-state index in [1.165, 1.54) is 5.56 Å². The van der Waals surface area contributed by atoms with Gasteiger partial charge in [-0.3, -0.25) is 9.53 Å². The van der Waals surface area contributed by atoms with Gasteiger partial charge in [0.15, 0.2) is 0 Å². The smallest absolute Gasteiger partial charge is 0.143 e. The first-order valence-electron chi connectivity index (χ1n) is 10.5. The van der Waals surface area contributed by atoms with E-state index >= 15 is 0 Å². The average molecular weight is 415 g/mol. The summed E-state index contributed by atoms with van der Waals surface area (Å²) in [6.45, 7) is 4.43. The second-order valence-corrected chi connectivity index (χ2v) is 9.59. The third kappa shape index (κ3) is 4.51. The normalized spacial score (nSPS) is 23.9. The Balaban J connectivity index is 2.21. The van der Waals surface area contributed by atoms with Crippen molar-refractivity contribution in [1.82, 2.24) is 5.32 Å². The maximum absolute atomic E-state index is 13.6. The fourth-order valence-electron chi connectivity index (χ4n) is 4.20. The van der Waals surface area contributed by atoms with Gasteiger partial charge in [-0.15, -0.1) is 0 Å². The molecule has 0 fully saturated rings. The molecule has 0 saturated heterocycles. The van der Waals surface area contributed by atoms with Gasteiger partial charge in [0.25, 0.3) is 0 Å². The number of methoxy groups -OCH3 is 1. The van der Waals surface area contributed by atoms with Crippen LogP contribution in [0.25, 0.3) is 0 Å². The molecule has 1 heterocycles. The van der Waals surface area contributed by atoms with Crippen LogP contribution in [0, 0.1) is 0 Å². The van der Waals surface area contributed by atoms with E-state index in [0.717, 1.165) is 47.6 Å². The Morgan fingerprint density at radius 3 is 2.52 bits per heavy atom. The molecule has 0 saturated carbocycles. The summed E-state index contributed by atoms with van der Waals surface area (Å²) in [7, 11) is 4.61. The summed E-state index contributed by atoms with van der Waals surface area (Å²) in [6, 6.07) is 14.7. The van der Waals surface area contributed by atoms with Crippen LogP contribution < -0.4 is 15.0 Å². The summed E-state index contributed by atoms with van der Waals surface area (Å²) < 4.78 is 19.2. The van der Waals surface area contributed by atoms with E-state index in [2.05, 4.69) is 54.4 Å². The largest absolute Gasteiger partial charge is 0.495 e. The summed E-state index contributed by atoms with van der Waals surface area (Å²) in [5.74, 6) is 1.40. The van der Waals surface area contributed by atoms with Crippen molar-refractivity contribution in [3.63, 3.8) is 0 Å². The lowest BCUT2D eigenvalue weighted by Crippen LogP contribution is -2.49. The first-order chi connectivity index (χ1) is 13.9. The van der Waals surface area contributed by atoms with Crippen LogP contribution >= 0.6 is 0 Å². The average Bonchev–Trinajstić information content (AvgIpc) is 2.86. The molecule has 1 unspecified atom stereocenters. The van der Waals surface area contributed by atoms with Crippen molar-refractivity contribution >= 4 is 16.5 Å². The summed E-state index contributed by atoms with van der Waals surface area (Å²) in [4.78, 5) is 2.94. The zero-order valence-corrected chi connectivity index (χ0v) is 19.1. The van der Waals surface area contributed by atoms with Crippen molar-refractivity contribution < 1.29 is 8.95 Å². The fourth-order valence-corrected chi connectivity index (χ4v) is 5.97. The van der Waals surface area contributed by atoms with Gasteiger partial charge in [-0.1, -0.05) is 57.0 Å². The van der Waals surface area contributed by atoms with Crippen molar-refractivity contribution in [2.45, 2.75) is 56.0 Å². The SMILES string of the molecule is CCCC[C@]1(CC)CS(=O)c2cc(OC)c(N(C)C)cc2[C@@H](c2ccccc2)N1. The van der Waals surface area contributed by atoms with E-state index in [1.807, 2.05) is 26.2 Å². The fraction of sp³-hybridized carbons (Fsp3) is 0.500. The zero-order chi connectivity index (χ0) is 21.0. The molecular formula is C24H34N2O2S. The Hall–Kier alpha value is -1.85. The Bertz CT molecular complexity index is 853. The second kappa shape index (κ2) is 9.31. The van der Waals surface area contributed by atoms with Gasteiger partial charge in [-0.05, 0) is 36.1 Å². The number of rotatable bonds is 7. The van der Waals surface area contributed by atoms with Crippen molar-refractivity contribution in [3.05, 3.63) is 53.6 Å². The molecule has 0 aliphatic carbocycles. The van der Waals surface area contributed by atoms with Crippen LogP contribution in [0.3, 0.4) is 0 Å². The Kier molecular flexibility index (Phi) is 7.01. The molecule has 3 atom stereocenters. The monoisotopic (exact) mass is 414 g/mol. The lowest BCUT2D eigenvalue weighted by atomic mass is 9.88. The molecule has 5 heteroatoms. The van der Waals surface area contributed by atoms with Crippen LogP contribution in [-0.4, -0.2) is 36.7 Å². The molecule has 1 N–H and O–H groups in total. The summed E-state index contributed by atoms with van der Waals surface area (Å²) in [6.07, 6.45) is 4.24. The van der Waals surface area contributed by atoms with Crippen molar-refractivity contribution in [1.29, 1.82) is 0 Å². The van der Waals surface area contributed by atoms with Crippen LogP contribution in [0.1, 0.15) is 56.7 Å². The zero-order valence-electron chi connectivity index (χ0n) is 18.3. The number of fused-ring (bicyclic) bond motifs is 1. The molecule has 158 valence electrons.